The highest BCUT2D eigenvalue weighted by molar-refractivity contribution is 5.78. The van der Waals surface area contributed by atoms with Crippen LogP contribution in [0.5, 0.6) is 5.75 Å². The molecule has 0 aromatic heterocycles. The van der Waals surface area contributed by atoms with E-state index in [1.165, 1.54) is 24.8 Å². The molecule has 0 spiro atoms. The molecular weight excluding hydrogens is 274 g/mol. The Balaban J connectivity index is 1.73. The van der Waals surface area contributed by atoms with E-state index in [4.69, 9.17) is 4.74 Å². The van der Waals surface area contributed by atoms with Gasteiger partial charge in [0.2, 0.25) is 5.91 Å². The Morgan fingerprint density at radius 1 is 1.23 bits per heavy atom. The van der Waals surface area contributed by atoms with E-state index in [0.29, 0.717) is 13.2 Å². The molecule has 1 amide bonds. The van der Waals surface area contributed by atoms with E-state index in [9.17, 15) is 4.79 Å². The van der Waals surface area contributed by atoms with Crippen molar-refractivity contribution in [2.24, 2.45) is 5.92 Å². The van der Waals surface area contributed by atoms with Crippen molar-refractivity contribution in [2.45, 2.75) is 58.3 Å². The Hall–Kier alpha value is -1.51. The standard InChI is InChI=1S/C19H29NO2/c1-19(2,3)16-10-7-11-17(14-16)22-13-12-20-18(21)15-8-5-4-6-9-15/h7,10-11,14-15H,4-6,8-9,12-13H2,1-3H3,(H,20,21). The van der Waals surface area contributed by atoms with E-state index in [1.54, 1.807) is 0 Å². The molecule has 0 heterocycles. The number of carbonyl (C=O) groups excluding carboxylic acids is 1. The fourth-order valence-corrected chi connectivity index (χ4v) is 2.90. The van der Waals surface area contributed by atoms with E-state index in [-0.39, 0.29) is 17.2 Å². The van der Waals surface area contributed by atoms with Crippen LogP contribution >= 0.6 is 0 Å². The van der Waals surface area contributed by atoms with Crippen LogP contribution in [0.25, 0.3) is 0 Å². The van der Waals surface area contributed by atoms with E-state index in [0.717, 1.165) is 18.6 Å². The third-order valence-corrected chi connectivity index (χ3v) is 4.35. The Labute approximate surface area is 134 Å². The van der Waals surface area contributed by atoms with Crippen molar-refractivity contribution in [3.8, 4) is 5.75 Å². The first kappa shape index (κ1) is 16.9. The minimum Gasteiger partial charge on any atom is -0.492 e. The summed E-state index contributed by atoms with van der Waals surface area (Å²) in [5.41, 5.74) is 1.38. The molecule has 0 bridgehead atoms. The molecule has 3 nitrogen and oxygen atoms in total. The van der Waals surface area contributed by atoms with E-state index < -0.39 is 0 Å². The minimum absolute atomic E-state index is 0.120. The number of benzene rings is 1. The zero-order chi connectivity index (χ0) is 16.0. The topological polar surface area (TPSA) is 38.3 Å². The molecule has 0 aliphatic heterocycles. The fraction of sp³-hybridized carbons (Fsp3) is 0.632. The highest BCUT2D eigenvalue weighted by atomic mass is 16.5. The lowest BCUT2D eigenvalue weighted by Gasteiger charge is -2.21. The normalized spacial score (nSPS) is 16.3. The third kappa shape index (κ3) is 5.04. The number of carbonyl (C=O) groups is 1. The van der Waals surface area contributed by atoms with Crippen LogP contribution in [0, 0.1) is 5.92 Å². The van der Waals surface area contributed by atoms with E-state index >= 15 is 0 Å². The van der Waals surface area contributed by atoms with Gasteiger partial charge in [0, 0.05) is 5.92 Å². The number of rotatable bonds is 5. The number of amides is 1. The summed E-state index contributed by atoms with van der Waals surface area (Å²) in [6.07, 6.45) is 5.74. The molecule has 0 radical (unpaired) electrons. The van der Waals surface area contributed by atoms with Crippen molar-refractivity contribution in [1.29, 1.82) is 0 Å². The smallest absolute Gasteiger partial charge is 0.223 e. The maximum atomic E-state index is 12.0. The molecule has 0 saturated heterocycles. The summed E-state index contributed by atoms with van der Waals surface area (Å²) in [4.78, 5) is 12.0. The minimum atomic E-state index is 0.120. The lowest BCUT2D eigenvalue weighted by atomic mass is 9.87. The van der Waals surface area contributed by atoms with Crippen molar-refractivity contribution in [2.75, 3.05) is 13.2 Å². The molecule has 1 aliphatic carbocycles. The Kier molecular flexibility index (Phi) is 5.87. The number of hydrogen-bond donors (Lipinski definition) is 1. The van der Waals surface area contributed by atoms with Gasteiger partial charge in [-0.1, -0.05) is 52.2 Å². The maximum absolute atomic E-state index is 12.0. The molecule has 1 aliphatic rings. The Morgan fingerprint density at radius 2 is 1.95 bits per heavy atom. The second-order valence-corrected chi connectivity index (χ2v) is 7.25. The summed E-state index contributed by atoms with van der Waals surface area (Å²) in [6.45, 7) is 7.67. The van der Waals surface area contributed by atoms with Crippen LogP contribution in [0.2, 0.25) is 0 Å². The molecule has 1 aromatic rings. The van der Waals surface area contributed by atoms with Crippen LogP contribution in [0.15, 0.2) is 24.3 Å². The first-order valence-corrected chi connectivity index (χ1v) is 8.48. The van der Waals surface area contributed by atoms with Crippen molar-refractivity contribution in [1.82, 2.24) is 5.32 Å². The summed E-state index contributed by atoms with van der Waals surface area (Å²) >= 11 is 0. The van der Waals surface area contributed by atoms with Gasteiger partial charge in [0.1, 0.15) is 12.4 Å². The highest BCUT2D eigenvalue weighted by Gasteiger charge is 2.20. The predicted octanol–water partition coefficient (Wildman–Crippen LogP) is 4.06. The van der Waals surface area contributed by atoms with Gasteiger partial charge in [-0.05, 0) is 36.0 Å². The Morgan fingerprint density at radius 3 is 2.64 bits per heavy atom. The zero-order valence-electron chi connectivity index (χ0n) is 14.2. The van der Waals surface area contributed by atoms with Crippen LogP contribution in [0.4, 0.5) is 0 Å². The van der Waals surface area contributed by atoms with Crippen LogP contribution in [0.3, 0.4) is 0 Å². The summed E-state index contributed by atoms with van der Waals surface area (Å²) in [5, 5.41) is 3.00. The van der Waals surface area contributed by atoms with Gasteiger partial charge in [-0.25, -0.2) is 0 Å². The van der Waals surface area contributed by atoms with Gasteiger partial charge in [-0.15, -0.1) is 0 Å². The maximum Gasteiger partial charge on any atom is 0.223 e. The third-order valence-electron chi connectivity index (χ3n) is 4.35. The van der Waals surface area contributed by atoms with Crippen LogP contribution < -0.4 is 10.1 Å². The van der Waals surface area contributed by atoms with Crippen LogP contribution in [0.1, 0.15) is 58.4 Å². The van der Waals surface area contributed by atoms with Crippen molar-refractivity contribution in [3.63, 3.8) is 0 Å². The second kappa shape index (κ2) is 7.66. The molecule has 1 saturated carbocycles. The number of ether oxygens (including phenoxy) is 1. The average molecular weight is 303 g/mol. The van der Waals surface area contributed by atoms with Gasteiger partial charge in [-0.3, -0.25) is 4.79 Å². The largest absolute Gasteiger partial charge is 0.492 e. The number of hydrogen-bond acceptors (Lipinski definition) is 2. The first-order chi connectivity index (χ1) is 10.5. The molecule has 122 valence electrons. The molecule has 22 heavy (non-hydrogen) atoms. The summed E-state index contributed by atoms with van der Waals surface area (Å²) < 4.78 is 5.76. The zero-order valence-corrected chi connectivity index (χ0v) is 14.2. The predicted molar refractivity (Wildman–Crippen MR) is 90.2 cm³/mol. The first-order valence-electron chi connectivity index (χ1n) is 8.48. The van der Waals surface area contributed by atoms with Gasteiger partial charge in [0.05, 0.1) is 6.54 Å². The highest BCUT2D eigenvalue weighted by Crippen LogP contribution is 2.25. The summed E-state index contributed by atoms with van der Waals surface area (Å²) in [5.74, 6) is 1.30. The van der Waals surface area contributed by atoms with Gasteiger partial charge in [-0.2, -0.15) is 0 Å². The molecular formula is C19H29NO2. The average Bonchev–Trinajstić information content (AvgIpc) is 2.52. The SMILES string of the molecule is CC(C)(C)c1cccc(OCCNC(=O)C2CCCCC2)c1. The second-order valence-electron chi connectivity index (χ2n) is 7.25. The lowest BCUT2D eigenvalue weighted by molar-refractivity contribution is -0.126. The van der Waals surface area contributed by atoms with Crippen LogP contribution in [-0.4, -0.2) is 19.1 Å². The molecule has 0 atom stereocenters. The molecule has 2 rings (SSSR count). The van der Waals surface area contributed by atoms with Crippen LogP contribution in [-0.2, 0) is 10.2 Å². The molecule has 0 unspecified atom stereocenters. The molecule has 3 heteroatoms. The molecule has 1 N–H and O–H groups in total. The quantitative estimate of drug-likeness (QED) is 0.833. The van der Waals surface area contributed by atoms with Crippen molar-refractivity contribution < 1.29 is 9.53 Å². The lowest BCUT2D eigenvalue weighted by Crippen LogP contribution is -2.34. The van der Waals surface area contributed by atoms with Crippen molar-refractivity contribution in [3.05, 3.63) is 29.8 Å². The van der Waals surface area contributed by atoms with Crippen molar-refractivity contribution >= 4 is 5.91 Å². The fourth-order valence-electron chi connectivity index (χ4n) is 2.90. The monoisotopic (exact) mass is 303 g/mol. The number of nitrogens with one attached hydrogen (secondary N) is 1. The molecule has 1 aromatic carbocycles. The summed E-state index contributed by atoms with van der Waals surface area (Å²) in [6, 6.07) is 8.20. The Bertz CT molecular complexity index is 484. The van der Waals surface area contributed by atoms with E-state index in [1.807, 2.05) is 12.1 Å². The molecule has 1 fully saturated rings. The van der Waals surface area contributed by atoms with E-state index in [2.05, 4.69) is 38.2 Å². The van der Waals surface area contributed by atoms with Gasteiger partial charge in [0.25, 0.3) is 0 Å². The summed E-state index contributed by atoms with van der Waals surface area (Å²) in [7, 11) is 0. The van der Waals surface area contributed by atoms with Gasteiger partial charge < -0.3 is 10.1 Å². The van der Waals surface area contributed by atoms with Gasteiger partial charge in [0.15, 0.2) is 0 Å². The van der Waals surface area contributed by atoms with Gasteiger partial charge >= 0.3 is 0 Å².